The van der Waals surface area contributed by atoms with Crippen LogP contribution in [0.4, 0.5) is 0 Å². The number of aliphatic hydroxyl groups excluding tert-OH is 5. The van der Waals surface area contributed by atoms with Crippen LogP contribution in [0.25, 0.3) is 6.08 Å². The first-order valence-corrected chi connectivity index (χ1v) is 6.13. The van der Waals surface area contributed by atoms with Gasteiger partial charge in [0.15, 0.2) is 0 Å². The smallest absolute Gasteiger partial charge is 0.139 e. The molecule has 0 heterocycles. The molecule has 0 aromatic heterocycles. The summed E-state index contributed by atoms with van der Waals surface area (Å²) in [6.45, 7) is -0.738. The van der Waals surface area contributed by atoms with E-state index >= 15 is 0 Å². The van der Waals surface area contributed by atoms with Crippen molar-refractivity contribution in [3.8, 4) is 0 Å². The Morgan fingerprint density at radius 3 is 2.32 bits per heavy atom. The topological polar surface area (TPSA) is 101 Å². The summed E-state index contributed by atoms with van der Waals surface area (Å²) in [4.78, 5) is 0. The average Bonchev–Trinajstić information content (AvgIpc) is 2.40. The molecule has 0 radical (unpaired) electrons. The van der Waals surface area contributed by atoms with Crippen LogP contribution in [-0.2, 0) is 0 Å². The third-order valence-electron chi connectivity index (χ3n) is 2.47. The van der Waals surface area contributed by atoms with Crippen molar-refractivity contribution in [2.75, 3.05) is 6.61 Å². The first-order chi connectivity index (χ1) is 8.86. The lowest BCUT2D eigenvalue weighted by Crippen LogP contribution is -2.40. The normalized spacial score (nSPS) is 17.1. The van der Waals surface area contributed by atoms with Gasteiger partial charge in [0.2, 0.25) is 0 Å². The van der Waals surface area contributed by atoms with E-state index < -0.39 is 30.7 Å². The zero-order valence-corrected chi connectivity index (χ0v) is 11.3. The minimum absolute atomic E-state index is 0.272. The summed E-state index contributed by atoms with van der Waals surface area (Å²) < 4.78 is 0. The van der Waals surface area contributed by atoms with Crippen LogP contribution in [0.5, 0.6) is 0 Å². The molecule has 1 aromatic carbocycles. The van der Waals surface area contributed by atoms with Gasteiger partial charge in [0, 0.05) is 0 Å². The van der Waals surface area contributed by atoms with E-state index in [1.807, 2.05) is 0 Å². The molecule has 0 aliphatic heterocycles. The Morgan fingerprint density at radius 2 is 1.79 bits per heavy atom. The third kappa shape index (κ3) is 4.35. The molecule has 1 aromatic rings. The van der Waals surface area contributed by atoms with Gasteiger partial charge in [-0.1, -0.05) is 29.3 Å². The molecule has 3 atom stereocenters. The van der Waals surface area contributed by atoms with Gasteiger partial charge < -0.3 is 25.5 Å². The van der Waals surface area contributed by atoms with E-state index in [-0.39, 0.29) is 5.02 Å². The maximum atomic E-state index is 9.63. The van der Waals surface area contributed by atoms with Crippen LogP contribution >= 0.6 is 23.2 Å². The van der Waals surface area contributed by atoms with Crippen molar-refractivity contribution in [1.29, 1.82) is 0 Å². The van der Waals surface area contributed by atoms with Crippen molar-refractivity contribution >= 4 is 29.3 Å². The first kappa shape index (κ1) is 16.2. The van der Waals surface area contributed by atoms with Crippen molar-refractivity contribution in [3.63, 3.8) is 0 Å². The standard InChI is InChI=1S/C12H14Cl2O5/c13-7-2-1-6(3-8(7)14)4-9(16)11(18)12(19)10(17)5-15/h1-4,10-12,15-19H,5H2/t10-,11+,12+/m1/s1. The van der Waals surface area contributed by atoms with Gasteiger partial charge in [-0.2, -0.15) is 0 Å². The van der Waals surface area contributed by atoms with Gasteiger partial charge in [-0.15, -0.1) is 0 Å². The van der Waals surface area contributed by atoms with Crippen molar-refractivity contribution in [2.45, 2.75) is 18.3 Å². The maximum Gasteiger partial charge on any atom is 0.139 e. The molecule has 106 valence electrons. The largest absolute Gasteiger partial charge is 0.509 e. The van der Waals surface area contributed by atoms with Crippen LogP contribution < -0.4 is 0 Å². The summed E-state index contributed by atoms with van der Waals surface area (Å²) in [6.07, 6.45) is -3.82. The number of benzene rings is 1. The Bertz CT molecular complexity index is 463. The lowest BCUT2D eigenvalue weighted by molar-refractivity contribution is -0.0735. The maximum absolute atomic E-state index is 9.63. The Labute approximate surface area is 120 Å². The van der Waals surface area contributed by atoms with Crippen molar-refractivity contribution in [2.24, 2.45) is 0 Å². The lowest BCUT2D eigenvalue weighted by Gasteiger charge is -2.20. The van der Waals surface area contributed by atoms with E-state index in [2.05, 4.69) is 0 Å². The average molecular weight is 309 g/mol. The second-order valence-electron chi connectivity index (χ2n) is 3.93. The molecule has 0 saturated heterocycles. The molecule has 0 bridgehead atoms. The number of rotatable bonds is 5. The molecular formula is C12H14Cl2O5. The van der Waals surface area contributed by atoms with Gasteiger partial charge in [0.25, 0.3) is 0 Å². The van der Waals surface area contributed by atoms with Gasteiger partial charge in [-0.05, 0) is 23.8 Å². The van der Waals surface area contributed by atoms with Gasteiger partial charge in [-0.3, -0.25) is 0 Å². The second-order valence-corrected chi connectivity index (χ2v) is 4.74. The predicted octanol–water partition coefficient (Wildman–Crippen LogP) is 0.967. The van der Waals surface area contributed by atoms with E-state index in [0.717, 1.165) is 0 Å². The summed E-state index contributed by atoms with van der Waals surface area (Å²) in [7, 11) is 0. The molecule has 0 amide bonds. The monoisotopic (exact) mass is 308 g/mol. The molecule has 0 aliphatic carbocycles. The van der Waals surface area contributed by atoms with Gasteiger partial charge in [0.1, 0.15) is 24.1 Å². The van der Waals surface area contributed by atoms with Crippen molar-refractivity contribution in [3.05, 3.63) is 39.6 Å². The van der Waals surface area contributed by atoms with Gasteiger partial charge >= 0.3 is 0 Å². The van der Waals surface area contributed by atoms with Crippen LogP contribution in [-0.4, -0.2) is 50.5 Å². The molecule has 5 nitrogen and oxygen atoms in total. The Balaban J connectivity index is 2.88. The third-order valence-corrected chi connectivity index (χ3v) is 3.21. The highest BCUT2D eigenvalue weighted by atomic mass is 35.5. The minimum atomic E-state index is -1.73. The molecule has 0 spiro atoms. The summed E-state index contributed by atoms with van der Waals surface area (Å²) in [5.74, 6) is -0.571. The fraction of sp³-hybridized carbons (Fsp3) is 0.333. The van der Waals surface area contributed by atoms with Gasteiger partial charge in [-0.25, -0.2) is 0 Å². The van der Waals surface area contributed by atoms with Gasteiger partial charge in [0.05, 0.1) is 16.7 Å². The molecule has 19 heavy (non-hydrogen) atoms. The fourth-order valence-corrected chi connectivity index (χ4v) is 1.66. The summed E-state index contributed by atoms with van der Waals surface area (Å²) >= 11 is 11.5. The van der Waals surface area contributed by atoms with Crippen LogP contribution in [0.15, 0.2) is 24.0 Å². The Hall–Kier alpha value is -0.820. The number of hydrogen-bond acceptors (Lipinski definition) is 5. The van der Waals surface area contributed by atoms with Crippen molar-refractivity contribution in [1.82, 2.24) is 0 Å². The number of aliphatic hydroxyl groups is 5. The Kier molecular flexibility index (Phi) is 6.06. The zero-order chi connectivity index (χ0) is 14.6. The highest BCUT2D eigenvalue weighted by molar-refractivity contribution is 6.42. The number of halogens is 2. The first-order valence-electron chi connectivity index (χ1n) is 5.37. The highest BCUT2D eigenvalue weighted by Crippen LogP contribution is 2.24. The second kappa shape index (κ2) is 7.09. The van der Waals surface area contributed by atoms with Crippen molar-refractivity contribution < 1.29 is 25.5 Å². The molecule has 0 fully saturated rings. The fourth-order valence-electron chi connectivity index (χ4n) is 1.35. The SMILES string of the molecule is OC[C@@H](O)[C@H](O)[C@@H](O)C(O)=Cc1ccc(Cl)c(Cl)c1. The molecule has 7 heteroatoms. The molecule has 5 N–H and O–H groups in total. The van der Waals surface area contributed by atoms with Crippen LogP contribution in [0.1, 0.15) is 5.56 Å². The van der Waals surface area contributed by atoms with Crippen LogP contribution in [0.2, 0.25) is 10.0 Å². The molecule has 1 rings (SSSR count). The number of hydrogen-bond donors (Lipinski definition) is 5. The zero-order valence-electron chi connectivity index (χ0n) is 9.74. The predicted molar refractivity (Wildman–Crippen MR) is 72.2 cm³/mol. The van der Waals surface area contributed by atoms with E-state index in [9.17, 15) is 15.3 Å². The lowest BCUT2D eigenvalue weighted by atomic mass is 10.1. The van der Waals surface area contributed by atoms with E-state index in [0.29, 0.717) is 10.6 Å². The minimum Gasteiger partial charge on any atom is -0.509 e. The molecular weight excluding hydrogens is 295 g/mol. The molecule has 0 aliphatic rings. The summed E-state index contributed by atoms with van der Waals surface area (Å²) in [6, 6.07) is 4.52. The molecule has 0 unspecified atom stereocenters. The Morgan fingerprint density at radius 1 is 1.16 bits per heavy atom. The van der Waals surface area contributed by atoms with E-state index in [4.69, 9.17) is 33.4 Å². The highest BCUT2D eigenvalue weighted by Gasteiger charge is 2.27. The summed E-state index contributed by atoms with van der Waals surface area (Å²) in [5, 5.41) is 47.0. The van der Waals surface area contributed by atoms with Crippen LogP contribution in [0.3, 0.4) is 0 Å². The van der Waals surface area contributed by atoms with E-state index in [1.165, 1.54) is 18.2 Å². The summed E-state index contributed by atoms with van der Waals surface area (Å²) in [5.41, 5.74) is 0.455. The quantitative estimate of drug-likeness (QED) is 0.522. The van der Waals surface area contributed by atoms with Crippen LogP contribution in [0, 0.1) is 0 Å². The van der Waals surface area contributed by atoms with E-state index in [1.54, 1.807) is 6.07 Å². The molecule has 0 saturated carbocycles.